The van der Waals surface area contributed by atoms with Crippen LogP contribution in [0.4, 0.5) is 5.82 Å². The van der Waals surface area contributed by atoms with E-state index in [0.717, 1.165) is 29.4 Å². The fourth-order valence-electron chi connectivity index (χ4n) is 2.49. The van der Waals surface area contributed by atoms with Gasteiger partial charge in [-0.15, -0.1) is 0 Å². The number of hydrogen-bond acceptors (Lipinski definition) is 2. The molecular weight excluding hydrogens is 246 g/mol. The van der Waals surface area contributed by atoms with Crippen molar-refractivity contribution in [2.24, 2.45) is 5.92 Å². The highest BCUT2D eigenvalue weighted by Crippen LogP contribution is 2.30. The van der Waals surface area contributed by atoms with Crippen molar-refractivity contribution in [1.29, 1.82) is 0 Å². The van der Waals surface area contributed by atoms with Crippen LogP contribution in [-0.2, 0) is 6.54 Å². The van der Waals surface area contributed by atoms with Gasteiger partial charge in [-0.05, 0) is 18.9 Å². The Morgan fingerprint density at radius 2 is 1.90 bits per heavy atom. The van der Waals surface area contributed by atoms with Gasteiger partial charge in [-0.3, -0.25) is 0 Å². The molecule has 2 rings (SSSR count). The van der Waals surface area contributed by atoms with Crippen molar-refractivity contribution in [3.05, 3.63) is 35.7 Å². The Morgan fingerprint density at radius 3 is 2.45 bits per heavy atom. The molecule has 0 aliphatic heterocycles. The van der Waals surface area contributed by atoms with Gasteiger partial charge in [0.25, 0.3) is 0 Å². The second-order valence-electron chi connectivity index (χ2n) is 6.23. The smallest absolute Gasteiger partial charge is 0.131 e. The van der Waals surface area contributed by atoms with Crippen molar-refractivity contribution < 1.29 is 0 Å². The molecule has 0 spiro atoms. The van der Waals surface area contributed by atoms with Crippen LogP contribution in [0.15, 0.2) is 24.3 Å². The highest BCUT2D eigenvalue weighted by atomic mass is 15.1. The predicted octanol–water partition coefficient (Wildman–Crippen LogP) is 4.22. The summed E-state index contributed by atoms with van der Waals surface area (Å²) in [5.74, 6) is 2.78. The van der Waals surface area contributed by atoms with E-state index in [1.54, 1.807) is 0 Å². The van der Waals surface area contributed by atoms with E-state index in [0.29, 0.717) is 11.8 Å². The van der Waals surface area contributed by atoms with Gasteiger partial charge in [0.15, 0.2) is 0 Å². The van der Waals surface area contributed by atoms with E-state index in [-0.39, 0.29) is 0 Å². The largest absolute Gasteiger partial charge is 0.383 e. The average molecular weight is 271 g/mol. The zero-order valence-corrected chi connectivity index (χ0v) is 13.1. The molecule has 3 heteroatoms. The molecule has 3 nitrogen and oxygen atoms in total. The molecule has 0 aliphatic rings. The van der Waals surface area contributed by atoms with Gasteiger partial charge in [-0.2, -0.15) is 0 Å². The zero-order chi connectivity index (χ0) is 14.9. The molecule has 0 saturated heterocycles. The fraction of sp³-hybridized carbons (Fsp3) is 0.471. The third kappa shape index (κ3) is 2.87. The number of anilines is 1. The number of aryl methyl sites for hydroxylation is 1. The number of hydrogen-bond donors (Lipinski definition) is 1. The highest BCUT2D eigenvalue weighted by molar-refractivity contribution is 5.71. The van der Waals surface area contributed by atoms with Crippen molar-refractivity contribution in [1.82, 2.24) is 9.55 Å². The van der Waals surface area contributed by atoms with Gasteiger partial charge in [0.2, 0.25) is 0 Å². The molecule has 0 aliphatic carbocycles. The van der Waals surface area contributed by atoms with Crippen LogP contribution in [0, 0.1) is 12.8 Å². The van der Waals surface area contributed by atoms with Gasteiger partial charge in [-0.1, -0.05) is 51.5 Å². The molecule has 108 valence electrons. The zero-order valence-electron chi connectivity index (χ0n) is 13.1. The van der Waals surface area contributed by atoms with Crippen LogP contribution in [0.3, 0.4) is 0 Å². The number of aromatic nitrogens is 2. The Morgan fingerprint density at radius 1 is 1.20 bits per heavy atom. The molecule has 1 aromatic heterocycles. The maximum Gasteiger partial charge on any atom is 0.131 e. The van der Waals surface area contributed by atoms with Gasteiger partial charge in [0.1, 0.15) is 17.3 Å². The third-order valence-corrected chi connectivity index (χ3v) is 3.39. The van der Waals surface area contributed by atoms with Crippen LogP contribution < -0.4 is 5.73 Å². The Bertz CT molecular complexity index is 594. The third-order valence-electron chi connectivity index (χ3n) is 3.39. The molecule has 0 unspecified atom stereocenters. The number of rotatable bonds is 4. The molecule has 0 bridgehead atoms. The fourth-order valence-corrected chi connectivity index (χ4v) is 2.49. The number of nitrogen functional groups attached to an aromatic ring is 1. The van der Waals surface area contributed by atoms with Gasteiger partial charge in [-0.25, -0.2) is 4.98 Å². The summed E-state index contributed by atoms with van der Waals surface area (Å²) in [6, 6.07) is 8.37. The first-order valence-electron chi connectivity index (χ1n) is 7.33. The first-order valence-corrected chi connectivity index (χ1v) is 7.33. The lowest BCUT2D eigenvalue weighted by atomic mass is 10.1. The highest BCUT2D eigenvalue weighted by Gasteiger charge is 2.18. The summed E-state index contributed by atoms with van der Waals surface area (Å²) >= 11 is 0. The predicted molar refractivity (Wildman–Crippen MR) is 85.7 cm³/mol. The van der Waals surface area contributed by atoms with Crippen molar-refractivity contribution in [2.75, 3.05) is 5.73 Å². The molecule has 0 amide bonds. The van der Waals surface area contributed by atoms with Crippen LogP contribution in [0.2, 0.25) is 0 Å². The van der Waals surface area contributed by atoms with Crippen molar-refractivity contribution >= 4 is 5.82 Å². The van der Waals surface area contributed by atoms with Crippen molar-refractivity contribution in [3.8, 4) is 11.3 Å². The molecule has 20 heavy (non-hydrogen) atoms. The first kappa shape index (κ1) is 14.6. The lowest BCUT2D eigenvalue weighted by Gasteiger charge is -2.14. The summed E-state index contributed by atoms with van der Waals surface area (Å²) in [4.78, 5) is 4.81. The maximum atomic E-state index is 6.37. The Kier molecular flexibility index (Phi) is 4.17. The molecule has 1 heterocycles. The van der Waals surface area contributed by atoms with Gasteiger partial charge in [0, 0.05) is 18.0 Å². The standard InChI is InChI=1S/C17H25N3/c1-11(2)10-20-16(18)15(19-17(20)12(3)4)14-8-6-7-13(5)9-14/h6-9,11-12H,10,18H2,1-5H3. The monoisotopic (exact) mass is 271 g/mol. The van der Waals surface area contributed by atoms with Crippen LogP contribution in [0.25, 0.3) is 11.3 Å². The molecule has 0 saturated carbocycles. The minimum Gasteiger partial charge on any atom is -0.383 e. The molecule has 1 aromatic carbocycles. The van der Waals surface area contributed by atoms with Gasteiger partial charge in [0.05, 0.1) is 0 Å². The topological polar surface area (TPSA) is 43.8 Å². The van der Waals surface area contributed by atoms with Crippen molar-refractivity contribution in [2.45, 2.75) is 47.1 Å². The molecule has 2 aromatic rings. The normalized spacial score (nSPS) is 11.6. The minimum absolute atomic E-state index is 0.370. The van der Waals surface area contributed by atoms with Crippen molar-refractivity contribution in [3.63, 3.8) is 0 Å². The number of nitrogens with zero attached hydrogens (tertiary/aromatic N) is 2. The minimum atomic E-state index is 0.370. The second kappa shape index (κ2) is 5.70. The summed E-state index contributed by atoms with van der Waals surface area (Å²) in [6.07, 6.45) is 0. The second-order valence-corrected chi connectivity index (χ2v) is 6.23. The molecular formula is C17H25N3. The van der Waals surface area contributed by atoms with E-state index < -0.39 is 0 Å². The number of benzene rings is 1. The van der Waals surface area contributed by atoms with Gasteiger partial charge < -0.3 is 10.3 Å². The summed E-state index contributed by atoms with van der Waals surface area (Å²) < 4.78 is 2.17. The van der Waals surface area contributed by atoms with E-state index >= 15 is 0 Å². The van der Waals surface area contributed by atoms with E-state index in [9.17, 15) is 0 Å². The van der Waals surface area contributed by atoms with E-state index in [1.165, 1.54) is 5.56 Å². The molecule has 0 radical (unpaired) electrons. The summed E-state index contributed by atoms with van der Waals surface area (Å²) in [5.41, 5.74) is 9.62. The Balaban J connectivity index is 2.55. The average Bonchev–Trinajstić information content (AvgIpc) is 2.67. The number of nitrogens with two attached hydrogens (primary N) is 1. The Labute approximate surface area is 121 Å². The van der Waals surface area contributed by atoms with Crippen LogP contribution in [-0.4, -0.2) is 9.55 Å². The summed E-state index contributed by atoms with van der Waals surface area (Å²) in [7, 11) is 0. The molecule has 0 atom stereocenters. The van der Waals surface area contributed by atoms with Crippen LogP contribution in [0.1, 0.15) is 45.0 Å². The van der Waals surface area contributed by atoms with Crippen LogP contribution >= 0.6 is 0 Å². The lowest BCUT2D eigenvalue weighted by molar-refractivity contribution is 0.502. The van der Waals surface area contributed by atoms with E-state index in [2.05, 4.69) is 63.5 Å². The van der Waals surface area contributed by atoms with Gasteiger partial charge >= 0.3 is 0 Å². The molecule has 0 fully saturated rings. The van der Waals surface area contributed by atoms with E-state index in [4.69, 9.17) is 10.7 Å². The van der Waals surface area contributed by atoms with E-state index in [1.807, 2.05) is 0 Å². The number of imidazole rings is 1. The Hall–Kier alpha value is -1.77. The summed E-state index contributed by atoms with van der Waals surface area (Å²) in [5, 5.41) is 0. The summed E-state index contributed by atoms with van der Waals surface area (Å²) in [6.45, 7) is 11.7. The first-order chi connectivity index (χ1) is 9.40. The quantitative estimate of drug-likeness (QED) is 0.904. The molecule has 2 N–H and O–H groups in total. The SMILES string of the molecule is Cc1cccc(-c2nc(C(C)C)n(CC(C)C)c2N)c1. The van der Waals surface area contributed by atoms with Crippen LogP contribution in [0.5, 0.6) is 0 Å². The maximum absolute atomic E-state index is 6.37. The lowest BCUT2D eigenvalue weighted by Crippen LogP contribution is -2.12.